The van der Waals surface area contributed by atoms with E-state index >= 15 is 0 Å². The highest BCUT2D eigenvalue weighted by Crippen LogP contribution is 2.37. The third kappa shape index (κ3) is 3.03. The number of pyridine rings is 1. The molecule has 0 unspecified atom stereocenters. The number of nitrogens with zero attached hydrogens (tertiary/aromatic N) is 2. The van der Waals surface area contributed by atoms with Crippen molar-refractivity contribution in [1.82, 2.24) is 4.98 Å². The van der Waals surface area contributed by atoms with E-state index in [1.165, 1.54) is 0 Å². The quantitative estimate of drug-likeness (QED) is 0.848. The second-order valence-electron chi connectivity index (χ2n) is 3.72. The van der Waals surface area contributed by atoms with Crippen molar-refractivity contribution in [3.63, 3.8) is 0 Å². The van der Waals surface area contributed by atoms with Crippen LogP contribution in [0.1, 0.15) is 5.69 Å². The molecule has 0 saturated carbocycles. The molecule has 1 aromatic carbocycles. The Bertz CT molecular complexity index is 699. The van der Waals surface area contributed by atoms with Crippen LogP contribution in [0, 0.1) is 11.3 Å². The van der Waals surface area contributed by atoms with Crippen LogP contribution in [0.2, 0.25) is 0 Å². The first-order valence-corrected chi connectivity index (χ1v) is 7.01. The fourth-order valence-electron chi connectivity index (χ4n) is 1.46. The van der Waals surface area contributed by atoms with Gasteiger partial charge < -0.3 is 15.2 Å². The van der Waals surface area contributed by atoms with Crippen molar-refractivity contribution < 1.29 is 9.47 Å². The molecule has 2 N–H and O–H groups in total. The first-order chi connectivity index (χ1) is 9.55. The van der Waals surface area contributed by atoms with E-state index in [1.54, 1.807) is 31.4 Å². The zero-order valence-corrected chi connectivity index (χ0v) is 13.5. The second kappa shape index (κ2) is 6.11. The lowest BCUT2D eigenvalue weighted by Crippen LogP contribution is -1.96. The van der Waals surface area contributed by atoms with Gasteiger partial charge in [0.15, 0.2) is 5.69 Å². The van der Waals surface area contributed by atoms with E-state index < -0.39 is 0 Å². The van der Waals surface area contributed by atoms with Crippen LogP contribution in [0.15, 0.2) is 33.2 Å². The Labute approximate surface area is 132 Å². The molecule has 2 aromatic rings. The summed E-state index contributed by atoms with van der Waals surface area (Å²) in [5.41, 5.74) is 6.06. The summed E-state index contributed by atoms with van der Waals surface area (Å²) in [6.45, 7) is 0. The molecular weight excluding hydrogens is 390 g/mol. The van der Waals surface area contributed by atoms with Gasteiger partial charge in [0, 0.05) is 6.07 Å². The Morgan fingerprint density at radius 1 is 1.20 bits per heavy atom. The molecule has 0 radical (unpaired) electrons. The number of hydrogen-bond acceptors (Lipinski definition) is 5. The SMILES string of the molecule is COc1cc(Br)c(Oc2ccc(N)c(C#N)n2)cc1Br. The standard InChI is InChI=1S/C13H9Br2N3O2/c1-19-11-4-8(15)12(5-7(11)14)20-13-3-2-9(17)10(6-16)18-13/h2-5H,17H2,1H3. The molecule has 0 amide bonds. The highest BCUT2D eigenvalue weighted by molar-refractivity contribution is 9.11. The summed E-state index contributed by atoms with van der Waals surface area (Å²) in [5, 5.41) is 8.89. The van der Waals surface area contributed by atoms with Crippen LogP contribution in [-0.4, -0.2) is 12.1 Å². The van der Waals surface area contributed by atoms with Gasteiger partial charge >= 0.3 is 0 Å². The highest BCUT2D eigenvalue weighted by Gasteiger charge is 2.11. The molecule has 0 aliphatic heterocycles. The van der Waals surface area contributed by atoms with Gasteiger partial charge in [-0.25, -0.2) is 4.98 Å². The maximum Gasteiger partial charge on any atom is 0.220 e. The summed E-state index contributed by atoms with van der Waals surface area (Å²) in [4.78, 5) is 4.02. The molecule has 2 rings (SSSR count). The normalized spacial score (nSPS) is 9.90. The van der Waals surface area contributed by atoms with Crippen molar-refractivity contribution >= 4 is 37.5 Å². The molecule has 1 aromatic heterocycles. The minimum Gasteiger partial charge on any atom is -0.496 e. The molecule has 0 aliphatic carbocycles. The second-order valence-corrected chi connectivity index (χ2v) is 5.43. The molecule has 0 saturated heterocycles. The first kappa shape index (κ1) is 14.6. The summed E-state index contributed by atoms with van der Waals surface area (Å²) in [6.07, 6.45) is 0. The van der Waals surface area contributed by atoms with Gasteiger partial charge in [0.2, 0.25) is 5.88 Å². The number of ether oxygens (including phenoxy) is 2. The van der Waals surface area contributed by atoms with E-state index in [0.29, 0.717) is 21.7 Å². The van der Waals surface area contributed by atoms with Crippen LogP contribution in [-0.2, 0) is 0 Å². The molecule has 0 atom stereocenters. The molecule has 5 nitrogen and oxygen atoms in total. The summed E-state index contributed by atoms with van der Waals surface area (Å²) in [5.74, 6) is 1.50. The molecular formula is C13H9Br2N3O2. The van der Waals surface area contributed by atoms with Gasteiger partial charge in [-0.05, 0) is 50.1 Å². The molecule has 0 spiro atoms. The molecule has 20 heavy (non-hydrogen) atoms. The van der Waals surface area contributed by atoms with Crippen LogP contribution in [0.25, 0.3) is 0 Å². The van der Waals surface area contributed by atoms with Crippen LogP contribution in [0.5, 0.6) is 17.4 Å². The van der Waals surface area contributed by atoms with Gasteiger partial charge in [-0.15, -0.1) is 0 Å². The van der Waals surface area contributed by atoms with Gasteiger partial charge in [0.1, 0.15) is 17.6 Å². The average molecular weight is 399 g/mol. The Morgan fingerprint density at radius 3 is 2.50 bits per heavy atom. The summed E-state index contributed by atoms with van der Waals surface area (Å²) in [7, 11) is 1.58. The zero-order chi connectivity index (χ0) is 14.7. The van der Waals surface area contributed by atoms with Crippen LogP contribution in [0.3, 0.4) is 0 Å². The Hall–Kier alpha value is -1.78. The van der Waals surface area contributed by atoms with Crippen molar-refractivity contribution in [2.24, 2.45) is 0 Å². The molecule has 0 fully saturated rings. The summed E-state index contributed by atoms with van der Waals surface area (Å²) in [6, 6.07) is 8.59. The third-order valence-electron chi connectivity index (χ3n) is 2.43. The van der Waals surface area contributed by atoms with E-state index in [4.69, 9.17) is 20.5 Å². The van der Waals surface area contributed by atoms with Gasteiger partial charge in [-0.3, -0.25) is 0 Å². The maximum atomic E-state index is 8.89. The first-order valence-electron chi connectivity index (χ1n) is 5.42. The van der Waals surface area contributed by atoms with Crippen molar-refractivity contribution in [1.29, 1.82) is 5.26 Å². The topological polar surface area (TPSA) is 81.2 Å². The van der Waals surface area contributed by atoms with E-state index in [9.17, 15) is 0 Å². The number of anilines is 1. The summed E-state index contributed by atoms with van der Waals surface area (Å²) >= 11 is 6.76. The Morgan fingerprint density at radius 2 is 1.85 bits per heavy atom. The van der Waals surface area contributed by atoms with Crippen LogP contribution in [0.4, 0.5) is 5.69 Å². The number of aromatic nitrogens is 1. The number of nitriles is 1. The largest absolute Gasteiger partial charge is 0.496 e. The number of nitrogens with two attached hydrogens (primary N) is 1. The zero-order valence-electron chi connectivity index (χ0n) is 10.4. The van der Waals surface area contributed by atoms with Crippen molar-refractivity contribution in [3.05, 3.63) is 38.9 Å². The van der Waals surface area contributed by atoms with E-state index in [-0.39, 0.29) is 11.6 Å². The third-order valence-corrected chi connectivity index (χ3v) is 3.67. The van der Waals surface area contributed by atoms with Crippen molar-refractivity contribution in [3.8, 4) is 23.4 Å². The average Bonchev–Trinajstić information content (AvgIpc) is 2.44. The fraction of sp³-hybridized carbons (Fsp3) is 0.0769. The highest BCUT2D eigenvalue weighted by atomic mass is 79.9. The molecule has 102 valence electrons. The Kier molecular flexibility index (Phi) is 4.47. The van der Waals surface area contributed by atoms with Crippen LogP contribution >= 0.6 is 31.9 Å². The monoisotopic (exact) mass is 397 g/mol. The van der Waals surface area contributed by atoms with Gasteiger partial charge in [-0.2, -0.15) is 5.26 Å². The number of benzene rings is 1. The lowest BCUT2D eigenvalue weighted by atomic mass is 10.3. The smallest absolute Gasteiger partial charge is 0.220 e. The molecule has 7 heteroatoms. The van der Waals surface area contributed by atoms with Gasteiger partial charge in [0.05, 0.1) is 21.7 Å². The predicted octanol–water partition coefficient (Wildman–Crippen LogP) is 3.86. The summed E-state index contributed by atoms with van der Waals surface area (Å²) < 4.78 is 12.3. The molecule has 0 aliphatic rings. The molecule has 1 heterocycles. The van der Waals surface area contributed by atoms with E-state index in [0.717, 1.165) is 4.47 Å². The molecule has 0 bridgehead atoms. The van der Waals surface area contributed by atoms with Crippen molar-refractivity contribution in [2.45, 2.75) is 0 Å². The number of methoxy groups -OCH3 is 1. The lowest BCUT2D eigenvalue weighted by molar-refractivity contribution is 0.408. The van der Waals surface area contributed by atoms with Crippen LogP contribution < -0.4 is 15.2 Å². The number of rotatable bonds is 3. The fourth-order valence-corrected chi connectivity index (χ4v) is 2.34. The van der Waals surface area contributed by atoms with Gasteiger partial charge in [0.25, 0.3) is 0 Å². The predicted molar refractivity (Wildman–Crippen MR) is 81.8 cm³/mol. The number of nitrogen functional groups attached to an aromatic ring is 1. The minimum absolute atomic E-state index is 0.131. The lowest BCUT2D eigenvalue weighted by Gasteiger charge is -2.10. The maximum absolute atomic E-state index is 8.89. The van der Waals surface area contributed by atoms with Gasteiger partial charge in [-0.1, -0.05) is 0 Å². The number of halogens is 2. The van der Waals surface area contributed by atoms with E-state index in [2.05, 4.69) is 36.8 Å². The minimum atomic E-state index is 0.131. The number of hydrogen-bond donors (Lipinski definition) is 1. The van der Waals surface area contributed by atoms with E-state index in [1.807, 2.05) is 6.07 Å². The van der Waals surface area contributed by atoms with Crippen molar-refractivity contribution in [2.75, 3.05) is 12.8 Å². The Balaban J connectivity index is 2.35.